The van der Waals surface area contributed by atoms with Gasteiger partial charge in [0.2, 0.25) is 0 Å². The number of fused-ring (bicyclic) bond motifs is 1. The number of rotatable bonds is 3. The van der Waals surface area contributed by atoms with Gasteiger partial charge in [-0.25, -0.2) is 4.79 Å². The molecule has 0 saturated carbocycles. The maximum Gasteiger partial charge on any atom is 0.341 e. The van der Waals surface area contributed by atoms with Crippen LogP contribution >= 0.6 is 0 Å². The number of aromatic nitrogens is 2. The van der Waals surface area contributed by atoms with Gasteiger partial charge >= 0.3 is 5.97 Å². The molecule has 3 rings (SSSR count). The number of nitrogens with zero attached hydrogens (tertiary/aromatic N) is 2. The highest BCUT2D eigenvalue weighted by Gasteiger charge is 2.10. The van der Waals surface area contributed by atoms with Gasteiger partial charge in [-0.2, -0.15) is 5.10 Å². The van der Waals surface area contributed by atoms with Crippen LogP contribution in [0.2, 0.25) is 0 Å². The van der Waals surface area contributed by atoms with Gasteiger partial charge in [0.25, 0.3) is 0 Å². The Labute approximate surface area is 116 Å². The molecule has 0 atom stereocenters. The topological polar surface area (TPSA) is 44.1 Å². The zero-order chi connectivity index (χ0) is 13.9. The fraction of sp³-hybridized carbons (Fsp3) is 0.125. The zero-order valence-electron chi connectivity index (χ0n) is 11.1. The molecule has 0 spiro atoms. The number of benzene rings is 2. The van der Waals surface area contributed by atoms with Crippen molar-refractivity contribution >= 4 is 16.7 Å². The van der Waals surface area contributed by atoms with Crippen LogP contribution in [0.15, 0.2) is 54.9 Å². The van der Waals surface area contributed by atoms with Crippen molar-refractivity contribution in [3.63, 3.8) is 0 Å². The van der Waals surface area contributed by atoms with Crippen LogP contribution in [-0.2, 0) is 18.4 Å². The van der Waals surface area contributed by atoms with Crippen molar-refractivity contribution in [3.05, 3.63) is 66.0 Å². The van der Waals surface area contributed by atoms with Crippen molar-refractivity contribution < 1.29 is 9.53 Å². The monoisotopic (exact) mass is 266 g/mol. The van der Waals surface area contributed by atoms with Crippen molar-refractivity contribution in [2.75, 3.05) is 0 Å². The zero-order valence-corrected chi connectivity index (χ0v) is 11.1. The van der Waals surface area contributed by atoms with Gasteiger partial charge in [0.15, 0.2) is 0 Å². The Kier molecular flexibility index (Phi) is 3.21. The minimum Gasteiger partial charge on any atom is -0.457 e. The molecule has 20 heavy (non-hydrogen) atoms. The largest absolute Gasteiger partial charge is 0.457 e. The maximum absolute atomic E-state index is 11.9. The molecule has 100 valence electrons. The molecular weight excluding hydrogens is 252 g/mol. The smallest absolute Gasteiger partial charge is 0.341 e. The van der Waals surface area contributed by atoms with Crippen molar-refractivity contribution in [3.8, 4) is 0 Å². The third kappa shape index (κ3) is 2.40. The average Bonchev–Trinajstić information content (AvgIpc) is 2.91. The number of ether oxygens (including phenoxy) is 1. The van der Waals surface area contributed by atoms with Crippen LogP contribution < -0.4 is 0 Å². The van der Waals surface area contributed by atoms with Crippen LogP contribution in [0, 0.1) is 0 Å². The summed E-state index contributed by atoms with van der Waals surface area (Å²) >= 11 is 0. The van der Waals surface area contributed by atoms with Crippen molar-refractivity contribution in [2.45, 2.75) is 6.61 Å². The van der Waals surface area contributed by atoms with E-state index in [9.17, 15) is 4.79 Å². The Morgan fingerprint density at radius 3 is 2.80 bits per heavy atom. The average molecular weight is 266 g/mol. The van der Waals surface area contributed by atoms with Crippen molar-refractivity contribution in [2.24, 2.45) is 7.05 Å². The molecule has 0 saturated heterocycles. The molecule has 4 heteroatoms. The molecule has 0 bridgehead atoms. The van der Waals surface area contributed by atoms with Crippen LogP contribution in [0.4, 0.5) is 0 Å². The standard InChI is InChI=1S/C16H14N2O2/c1-18-10-14(9-17-18)16(19)20-11-13-7-4-6-12-5-2-3-8-15(12)13/h2-10H,11H2,1H3. The van der Waals surface area contributed by atoms with Crippen LogP contribution in [0.3, 0.4) is 0 Å². The summed E-state index contributed by atoms with van der Waals surface area (Å²) in [5, 5.41) is 6.21. The van der Waals surface area contributed by atoms with E-state index < -0.39 is 0 Å². The Morgan fingerprint density at radius 1 is 1.20 bits per heavy atom. The lowest BCUT2D eigenvalue weighted by atomic mass is 10.1. The van der Waals surface area contributed by atoms with E-state index in [-0.39, 0.29) is 12.6 Å². The maximum atomic E-state index is 11.9. The number of carbonyl (C=O) groups excluding carboxylic acids is 1. The van der Waals surface area contributed by atoms with E-state index in [1.807, 2.05) is 42.5 Å². The molecule has 3 aromatic rings. The van der Waals surface area contributed by atoms with Gasteiger partial charge in [-0.1, -0.05) is 42.5 Å². The Balaban J connectivity index is 1.79. The number of carbonyl (C=O) groups is 1. The predicted octanol–water partition coefficient (Wildman–Crippen LogP) is 2.93. The third-order valence-electron chi connectivity index (χ3n) is 3.18. The summed E-state index contributed by atoms with van der Waals surface area (Å²) in [6.45, 7) is 0.259. The second-order valence-corrected chi connectivity index (χ2v) is 4.62. The highest BCUT2D eigenvalue weighted by atomic mass is 16.5. The molecule has 0 N–H and O–H groups in total. The van der Waals surface area contributed by atoms with Gasteiger partial charge in [0, 0.05) is 13.2 Å². The van der Waals surface area contributed by atoms with Gasteiger partial charge in [-0.3, -0.25) is 4.68 Å². The molecule has 1 aromatic heterocycles. The Hall–Kier alpha value is -2.62. The number of hydrogen-bond acceptors (Lipinski definition) is 3. The normalized spacial score (nSPS) is 10.7. The first-order valence-electron chi connectivity index (χ1n) is 6.36. The van der Waals surface area contributed by atoms with Crippen LogP contribution in [0.25, 0.3) is 10.8 Å². The number of hydrogen-bond donors (Lipinski definition) is 0. The third-order valence-corrected chi connectivity index (χ3v) is 3.18. The molecule has 2 aromatic carbocycles. The highest BCUT2D eigenvalue weighted by Crippen LogP contribution is 2.19. The van der Waals surface area contributed by atoms with E-state index in [1.54, 1.807) is 17.9 Å². The van der Waals surface area contributed by atoms with Gasteiger partial charge in [-0.05, 0) is 16.3 Å². The molecule has 4 nitrogen and oxygen atoms in total. The van der Waals surface area contributed by atoms with E-state index in [0.717, 1.165) is 16.3 Å². The summed E-state index contributed by atoms with van der Waals surface area (Å²) in [6.07, 6.45) is 3.15. The summed E-state index contributed by atoms with van der Waals surface area (Å²) in [5.74, 6) is -0.356. The first-order chi connectivity index (χ1) is 9.74. The molecule has 0 unspecified atom stereocenters. The minimum atomic E-state index is -0.356. The Morgan fingerprint density at radius 2 is 2.00 bits per heavy atom. The molecular formula is C16H14N2O2. The fourth-order valence-corrected chi connectivity index (χ4v) is 2.17. The number of esters is 1. The van der Waals surface area contributed by atoms with E-state index in [0.29, 0.717) is 5.56 Å². The van der Waals surface area contributed by atoms with E-state index in [1.165, 1.54) is 6.20 Å². The van der Waals surface area contributed by atoms with Gasteiger partial charge in [0.1, 0.15) is 6.61 Å². The number of aryl methyl sites for hydroxylation is 1. The predicted molar refractivity (Wildman–Crippen MR) is 76.3 cm³/mol. The minimum absolute atomic E-state index is 0.259. The fourth-order valence-electron chi connectivity index (χ4n) is 2.17. The van der Waals surface area contributed by atoms with Crippen LogP contribution in [0.1, 0.15) is 15.9 Å². The summed E-state index contributed by atoms with van der Waals surface area (Å²) in [4.78, 5) is 11.9. The Bertz CT molecular complexity index is 757. The molecule has 0 aliphatic heterocycles. The van der Waals surface area contributed by atoms with Gasteiger partial charge in [-0.15, -0.1) is 0 Å². The lowest BCUT2D eigenvalue weighted by Gasteiger charge is -2.07. The first kappa shape index (κ1) is 12.4. The van der Waals surface area contributed by atoms with Gasteiger partial charge in [0.05, 0.1) is 11.8 Å². The van der Waals surface area contributed by atoms with E-state index in [4.69, 9.17) is 4.74 Å². The van der Waals surface area contributed by atoms with Gasteiger partial charge < -0.3 is 4.74 Å². The molecule has 1 heterocycles. The van der Waals surface area contributed by atoms with E-state index in [2.05, 4.69) is 5.10 Å². The molecule has 0 aliphatic carbocycles. The lowest BCUT2D eigenvalue weighted by molar-refractivity contribution is 0.0474. The van der Waals surface area contributed by atoms with Crippen LogP contribution in [0.5, 0.6) is 0 Å². The van der Waals surface area contributed by atoms with Crippen LogP contribution in [-0.4, -0.2) is 15.7 Å². The summed E-state index contributed by atoms with van der Waals surface area (Å²) < 4.78 is 6.92. The summed E-state index contributed by atoms with van der Waals surface area (Å²) in [5.41, 5.74) is 1.47. The molecule has 0 amide bonds. The molecule has 0 radical (unpaired) electrons. The van der Waals surface area contributed by atoms with Crippen molar-refractivity contribution in [1.82, 2.24) is 9.78 Å². The SMILES string of the molecule is Cn1cc(C(=O)OCc2cccc3ccccc23)cn1. The van der Waals surface area contributed by atoms with Crippen molar-refractivity contribution in [1.29, 1.82) is 0 Å². The summed E-state index contributed by atoms with van der Waals surface area (Å²) in [6, 6.07) is 14.0. The molecule has 0 fully saturated rings. The lowest BCUT2D eigenvalue weighted by Crippen LogP contribution is -2.04. The second kappa shape index (κ2) is 5.17. The molecule has 0 aliphatic rings. The highest BCUT2D eigenvalue weighted by molar-refractivity contribution is 5.89. The second-order valence-electron chi connectivity index (χ2n) is 4.62. The summed E-state index contributed by atoms with van der Waals surface area (Å²) in [7, 11) is 1.77. The first-order valence-corrected chi connectivity index (χ1v) is 6.36. The quantitative estimate of drug-likeness (QED) is 0.685. The van der Waals surface area contributed by atoms with E-state index >= 15 is 0 Å².